The second-order valence-electron chi connectivity index (χ2n) is 9.72. The van der Waals surface area contributed by atoms with Gasteiger partial charge in [-0.3, -0.25) is 0 Å². The van der Waals surface area contributed by atoms with E-state index >= 15 is 0 Å². The van der Waals surface area contributed by atoms with Gasteiger partial charge in [-0.15, -0.1) is 0 Å². The summed E-state index contributed by atoms with van der Waals surface area (Å²) < 4.78 is 23.2. The Morgan fingerprint density at radius 3 is 2.30 bits per heavy atom. The molecule has 5 atom stereocenters. The molecule has 0 aliphatic carbocycles. The minimum Gasteiger partial charge on any atom is -0.507 e. The predicted octanol–water partition coefficient (Wildman–Crippen LogP) is 3.32. The molecule has 1 saturated heterocycles. The van der Waals surface area contributed by atoms with Crippen LogP contribution in [0.3, 0.4) is 0 Å². The summed E-state index contributed by atoms with van der Waals surface area (Å²) in [6, 6.07) is 8.24. The Morgan fingerprint density at radius 2 is 1.65 bits per heavy atom. The Balaban J connectivity index is 1.96. The molecule has 4 aromatic rings. The van der Waals surface area contributed by atoms with Gasteiger partial charge in [-0.05, 0) is 55.7 Å². The molecular weight excluding hydrogens is 480 g/mol. The number of benzene rings is 3. The Morgan fingerprint density at radius 1 is 0.973 bits per heavy atom. The van der Waals surface area contributed by atoms with Gasteiger partial charge in [0.2, 0.25) is 0 Å². The van der Waals surface area contributed by atoms with Crippen molar-refractivity contribution in [3.63, 3.8) is 0 Å². The third-order valence-electron chi connectivity index (χ3n) is 7.50. The van der Waals surface area contributed by atoms with E-state index in [1.807, 2.05) is 13.0 Å². The average molecular weight is 511 g/mol. The van der Waals surface area contributed by atoms with Gasteiger partial charge in [0, 0.05) is 16.2 Å². The van der Waals surface area contributed by atoms with Crippen LogP contribution in [0.4, 0.5) is 0 Å². The van der Waals surface area contributed by atoms with Crippen molar-refractivity contribution in [3.8, 4) is 17.2 Å². The number of hydrogen-bond donors (Lipinski definition) is 4. The Kier molecular flexibility index (Phi) is 6.07. The van der Waals surface area contributed by atoms with Crippen LogP contribution in [0, 0.1) is 0 Å². The number of fused-ring (bicyclic) bond motifs is 5. The molecule has 4 N–H and O–H groups in total. The fourth-order valence-electron chi connectivity index (χ4n) is 5.40. The molecule has 5 rings (SSSR count). The fraction of sp³-hybridized carbons (Fsp3) is 0.393. The molecule has 1 fully saturated rings. The molecule has 196 valence electrons. The highest BCUT2D eigenvalue weighted by molar-refractivity contribution is 6.19. The van der Waals surface area contributed by atoms with Gasteiger partial charge >= 0.3 is 5.63 Å². The SMILES string of the molecule is CCc1cc(OC)c2c(c1)c(=O)oc1c2cc(OC)c2c(O)ccc(C3OC(C)C(O)C(C)(O)C3O)c21. The van der Waals surface area contributed by atoms with Gasteiger partial charge in [-0.2, -0.15) is 0 Å². The molecule has 9 nitrogen and oxygen atoms in total. The van der Waals surface area contributed by atoms with Crippen LogP contribution >= 0.6 is 0 Å². The van der Waals surface area contributed by atoms with Crippen LogP contribution in [0.25, 0.3) is 32.5 Å². The number of rotatable bonds is 4. The van der Waals surface area contributed by atoms with Crippen molar-refractivity contribution in [2.45, 2.75) is 57.2 Å². The molecule has 0 bridgehead atoms. The molecule has 1 aromatic heterocycles. The Bertz CT molecular complexity index is 1590. The monoisotopic (exact) mass is 510 g/mol. The average Bonchev–Trinajstić information content (AvgIpc) is 2.89. The maximum Gasteiger partial charge on any atom is 0.344 e. The molecule has 0 saturated carbocycles. The highest BCUT2D eigenvalue weighted by Gasteiger charge is 2.51. The van der Waals surface area contributed by atoms with Crippen molar-refractivity contribution in [3.05, 3.63) is 51.9 Å². The highest BCUT2D eigenvalue weighted by atomic mass is 16.5. The lowest BCUT2D eigenvalue weighted by Crippen LogP contribution is -2.61. The van der Waals surface area contributed by atoms with E-state index in [1.54, 1.807) is 19.1 Å². The number of aryl methyl sites for hydroxylation is 1. The molecule has 0 radical (unpaired) electrons. The van der Waals surface area contributed by atoms with Crippen LogP contribution in [-0.2, 0) is 11.2 Å². The number of aromatic hydroxyl groups is 1. The number of methoxy groups -OCH3 is 2. The molecule has 0 amide bonds. The van der Waals surface area contributed by atoms with Crippen LogP contribution in [0.15, 0.2) is 39.5 Å². The first-order chi connectivity index (χ1) is 17.5. The number of phenolic OH excluding ortho intramolecular Hbond substituents is 1. The summed E-state index contributed by atoms with van der Waals surface area (Å²) in [4.78, 5) is 13.3. The molecule has 2 heterocycles. The number of ether oxygens (including phenoxy) is 3. The summed E-state index contributed by atoms with van der Waals surface area (Å²) >= 11 is 0. The van der Waals surface area contributed by atoms with E-state index in [4.69, 9.17) is 18.6 Å². The zero-order valence-corrected chi connectivity index (χ0v) is 21.2. The van der Waals surface area contributed by atoms with Crippen LogP contribution in [0.1, 0.15) is 38.0 Å². The van der Waals surface area contributed by atoms with Crippen molar-refractivity contribution in [2.24, 2.45) is 0 Å². The van der Waals surface area contributed by atoms with E-state index in [9.17, 15) is 25.2 Å². The third-order valence-corrected chi connectivity index (χ3v) is 7.50. The van der Waals surface area contributed by atoms with Crippen LogP contribution in [0.2, 0.25) is 0 Å². The minimum atomic E-state index is -1.89. The highest BCUT2D eigenvalue weighted by Crippen LogP contribution is 2.48. The van der Waals surface area contributed by atoms with E-state index in [0.717, 1.165) is 5.56 Å². The first kappa shape index (κ1) is 25.3. The smallest absolute Gasteiger partial charge is 0.344 e. The van der Waals surface area contributed by atoms with Crippen molar-refractivity contribution < 1.29 is 39.1 Å². The maximum atomic E-state index is 13.3. The van der Waals surface area contributed by atoms with Crippen LogP contribution in [0.5, 0.6) is 17.2 Å². The molecular formula is C28H30O9. The van der Waals surface area contributed by atoms with Gasteiger partial charge < -0.3 is 39.1 Å². The number of aliphatic hydroxyl groups excluding tert-OH is 2. The first-order valence-corrected chi connectivity index (χ1v) is 12.1. The van der Waals surface area contributed by atoms with Crippen LogP contribution in [-0.4, -0.2) is 58.6 Å². The van der Waals surface area contributed by atoms with E-state index in [2.05, 4.69) is 0 Å². The largest absolute Gasteiger partial charge is 0.507 e. The molecule has 3 aromatic carbocycles. The summed E-state index contributed by atoms with van der Waals surface area (Å²) in [5.41, 5.74) is -1.12. The van der Waals surface area contributed by atoms with E-state index < -0.39 is 35.6 Å². The molecule has 37 heavy (non-hydrogen) atoms. The van der Waals surface area contributed by atoms with Gasteiger partial charge in [0.25, 0.3) is 0 Å². The number of hydrogen-bond acceptors (Lipinski definition) is 9. The van der Waals surface area contributed by atoms with Crippen molar-refractivity contribution in [1.82, 2.24) is 0 Å². The predicted molar refractivity (Wildman–Crippen MR) is 138 cm³/mol. The van der Waals surface area contributed by atoms with Gasteiger partial charge in [0.15, 0.2) is 0 Å². The van der Waals surface area contributed by atoms with Gasteiger partial charge in [-0.1, -0.05) is 13.0 Å². The fourth-order valence-corrected chi connectivity index (χ4v) is 5.40. The minimum absolute atomic E-state index is 0.135. The molecule has 1 aliphatic rings. The summed E-state index contributed by atoms with van der Waals surface area (Å²) in [5.74, 6) is 0.631. The lowest BCUT2D eigenvalue weighted by molar-refractivity contribution is -0.261. The second-order valence-corrected chi connectivity index (χ2v) is 9.72. The van der Waals surface area contributed by atoms with Crippen molar-refractivity contribution >= 4 is 32.5 Å². The number of aliphatic hydroxyl groups is 3. The molecule has 1 aliphatic heterocycles. The molecule has 5 unspecified atom stereocenters. The summed E-state index contributed by atoms with van der Waals surface area (Å²) in [6.45, 7) is 4.89. The van der Waals surface area contributed by atoms with Gasteiger partial charge in [-0.25, -0.2) is 4.79 Å². The second kappa shape index (κ2) is 8.88. The standard InChI is InChI=1S/C28H30O9/c1-6-13-9-16-20(18(10-13)34-4)15-11-19(35-5)22-17(29)8-7-14(21(22)23(15)37-27(16)32)24-26(31)28(3,33)25(30)12(2)36-24/h7-12,24-26,29-31,33H,6H2,1-5H3. The third kappa shape index (κ3) is 3.65. The van der Waals surface area contributed by atoms with Gasteiger partial charge in [0.1, 0.15) is 46.7 Å². The summed E-state index contributed by atoms with van der Waals surface area (Å²) in [7, 11) is 2.97. The Hall–Kier alpha value is -3.37. The van der Waals surface area contributed by atoms with Crippen molar-refractivity contribution in [2.75, 3.05) is 14.2 Å². The van der Waals surface area contributed by atoms with E-state index in [-0.39, 0.29) is 22.1 Å². The summed E-state index contributed by atoms with van der Waals surface area (Å²) in [6.07, 6.45) is -4.15. The molecule has 9 heteroatoms. The van der Waals surface area contributed by atoms with Gasteiger partial charge in [0.05, 0.1) is 31.1 Å². The number of phenols is 1. The maximum absolute atomic E-state index is 13.3. The Labute approximate surface area is 212 Å². The quantitative estimate of drug-likeness (QED) is 0.240. The normalized spacial score (nSPS) is 26.2. The lowest BCUT2D eigenvalue weighted by atomic mass is 9.80. The first-order valence-electron chi connectivity index (χ1n) is 12.1. The zero-order valence-electron chi connectivity index (χ0n) is 21.2. The van der Waals surface area contributed by atoms with Crippen LogP contribution < -0.4 is 15.1 Å². The van der Waals surface area contributed by atoms with E-state index in [1.165, 1.54) is 33.3 Å². The zero-order chi connectivity index (χ0) is 26.8. The summed E-state index contributed by atoms with van der Waals surface area (Å²) in [5, 5.41) is 45.2. The lowest BCUT2D eigenvalue weighted by Gasteiger charge is -2.46. The van der Waals surface area contributed by atoms with Crippen molar-refractivity contribution in [1.29, 1.82) is 0 Å². The topological polar surface area (TPSA) is 139 Å². The molecule has 0 spiro atoms. The van der Waals surface area contributed by atoms with E-state index in [0.29, 0.717) is 39.6 Å².